The van der Waals surface area contributed by atoms with Crippen LogP contribution >= 0.6 is 0 Å². The van der Waals surface area contributed by atoms with Crippen LogP contribution in [0.4, 0.5) is 4.79 Å². The first-order valence-electron chi connectivity index (χ1n) is 6.86. The van der Waals surface area contributed by atoms with Crippen molar-refractivity contribution in [1.29, 1.82) is 0 Å². The molecule has 1 N–H and O–H groups in total. The van der Waals surface area contributed by atoms with Crippen LogP contribution in [0.5, 0.6) is 0 Å². The lowest BCUT2D eigenvalue weighted by Crippen LogP contribution is -2.49. The molecule has 0 saturated carbocycles. The third kappa shape index (κ3) is 2.76. The first-order chi connectivity index (χ1) is 9.54. The summed E-state index contributed by atoms with van der Waals surface area (Å²) in [6, 6.07) is 7.08. The van der Waals surface area contributed by atoms with Crippen molar-refractivity contribution >= 4 is 12.0 Å². The van der Waals surface area contributed by atoms with E-state index in [4.69, 9.17) is 5.11 Å². The Labute approximate surface area is 118 Å². The fraction of sp³-hybridized carbons (Fsp3) is 0.467. The average Bonchev–Trinajstić information content (AvgIpc) is 2.46. The van der Waals surface area contributed by atoms with Crippen LogP contribution in [0.1, 0.15) is 24.5 Å². The number of urea groups is 1. The smallest absolute Gasteiger partial charge is 0.326 e. The van der Waals surface area contributed by atoms with E-state index in [2.05, 4.69) is 6.07 Å². The maximum atomic E-state index is 12.4. The van der Waals surface area contributed by atoms with Crippen LogP contribution in [0, 0.1) is 0 Å². The summed E-state index contributed by atoms with van der Waals surface area (Å²) >= 11 is 0. The van der Waals surface area contributed by atoms with Crippen LogP contribution in [0.3, 0.4) is 0 Å². The summed E-state index contributed by atoms with van der Waals surface area (Å²) in [7, 11) is 1.56. The Morgan fingerprint density at radius 3 is 2.60 bits per heavy atom. The number of carboxylic acid groups (broad SMARTS) is 1. The molecule has 1 aromatic carbocycles. The number of hydrogen-bond acceptors (Lipinski definition) is 2. The number of likely N-dealkylation sites (N-methyl/N-ethyl adjacent to an activating group) is 1. The third-order valence-electron chi connectivity index (χ3n) is 3.84. The Kier molecular flexibility index (Phi) is 4.27. The Morgan fingerprint density at radius 1 is 1.35 bits per heavy atom. The van der Waals surface area contributed by atoms with Crippen molar-refractivity contribution in [2.24, 2.45) is 0 Å². The van der Waals surface area contributed by atoms with Crippen LogP contribution in [0.2, 0.25) is 0 Å². The molecule has 0 radical (unpaired) electrons. The molecular weight excluding hydrogens is 256 g/mol. The molecule has 1 unspecified atom stereocenters. The molecule has 1 aliphatic rings. The average molecular weight is 276 g/mol. The molecular formula is C15H20N2O3. The molecule has 1 aliphatic heterocycles. The molecule has 0 spiro atoms. The van der Waals surface area contributed by atoms with Gasteiger partial charge in [-0.3, -0.25) is 0 Å². The van der Waals surface area contributed by atoms with E-state index in [9.17, 15) is 9.59 Å². The summed E-state index contributed by atoms with van der Waals surface area (Å²) in [6.07, 6.45) is 1.22. The second-order valence-corrected chi connectivity index (χ2v) is 5.10. The molecule has 5 nitrogen and oxygen atoms in total. The van der Waals surface area contributed by atoms with E-state index in [0.717, 1.165) is 12.0 Å². The van der Waals surface area contributed by atoms with E-state index in [1.807, 2.05) is 18.2 Å². The van der Waals surface area contributed by atoms with E-state index in [1.165, 1.54) is 10.5 Å². The van der Waals surface area contributed by atoms with Gasteiger partial charge in [-0.25, -0.2) is 9.59 Å². The summed E-state index contributed by atoms with van der Waals surface area (Å²) in [5, 5.41) is 9.14. The van der Waals surface area contributed by atoms with E-state index < -0.39 is 12.0 Å². The molecule has 1 heterocycles. The number of aliphatic carboxylic acids is 1. The Balaban J connectivity index is 2.10. The highest BCUT2D eigenvalue weighted by molar-refractivity contribution is 5.82. The lowest BCUT2D eigenvalue weighted by Gasteiger charge is -2.34. The maximum absolute atomic E-state index is 12.4. The molecule has 0 bridgehead atoms. The first-order valence-corrected chi connectivity index (χ1v) is 6.86. The second-order valence-electron chi connectivity index (χ2n) is 5.10. The number of carbonyl (C=O) groups excluding carboxylic acids is 1. The van der Waals surface area contributed by atoms with E-state index in [1.54, 1.807) is 18.9 Å². The highest BCUT2D eigenvalue weighted by Gasteiger charge is 2.29. The minimum absolute atomic E-state index is 0.214. The van der Waals surface area contributed by atoms with Crippen molar-refractivity contribution < 1.29 is 14.7 Å². The summed E-state index contributed by atoms with van der Waals surface area (Å²) in [5.41, 5.74) is 2.41. The van der Waals surface area contributed by atoms with Gasteiger partial charge in [-0.15, -0.1) is 0 Å². The molecule has 0 fully saturated rings. The van der Waals surface area contributed by atoms with Crippen molar-refractivity contribution in [3.05, 3.63) is 35.4 Å². The van der Waals surface area contributed by atoms with Gasteiger partial charge in [-0.2, -0.15) is 0 Å². The normalized spacial score (nSPS) is 15.4. The second kappa shape index (κ2) is 5.94. The number of benzene rings is 1. The van der Waals surface area contributed by atoms with Gasteiger partial charge in [0.05, 0.1) is 0 Å². The molecule has 1 atom stereocenters. The highest BCUT2D eigenvalue weighted by Crippen LogP contribution is 2.20. The van der Waals surface area contributed by atoms with Crippen molar-refractivity contribution in [1.82, 2.24) is 9.80 Å². The van der Waals surface area contributed by atoms with Crippen molar-refractivity contribution in [3.63, 3.8) is 0 Å². The maximum Gasteiger partial charge on any atom is 0.326 e. The van der Waals surface area contributed by atoms with E-state index in [0.29, 0.717) is 19.5 Å². The number of rotatable bonds is 3. The SMILES string of the molecule is CCC(C(=O)O)N(C)C(=O)N1CCc2ccccc2C1. The first kappa shape index (κ1) is 14.4. The molecule has 0 saturated heterocycles. The van der Waals surface area contributed by atoms with Crippen LogP contribution in [0.25, 0.3) is 0 Å². The molecule has 1 aromatic rings. The standard InChI is InChI=1S/C15H20N2O3/c1-3-13(14(18)19)16(2)15(20)17-9-8-11-6-4-5-7-12(11)10-17/h4-7,13H,3,8-10H2,1-2H3,(H,18,19). The Hall–Kier alpha value is -2.04. The number of fused-ring (bicyclic) bond motifs is 1. The van der Waals surface area contributed by atoms with Crippen molar-refractivity contribution in [3.8, 4) is 0 Å². The van der Waals surface area contributed by atoms with Crippen molar-refractivity contribution in [2.75, 3.05) is 13.6 Å². The lowest BCUT2D eigenvalue weighted by atomic mass is 10.0. The number of hydrogen-bond donors (Lipinski definition) is 1. The van der Waals surface area contributed by atoms with Gasteiger partial charge in [0, 0.05) is 20.1 Å². The molecule has 0 aliphatic carbocycles. The number of amides is 2. The van der Waals surface area contributed by atoms with Gasteiger partial charge < -0.3 is 14.9 Å². The van der Waals surface area contributed by atoms with Gasteiger partial charge in [0.2, 0.25) is 0 Å². The van der Waals surface area contributed by atoms with Crippen LogP contribution in [-0.2, 0) is 17.8 Å². The summed E-state index contributed by atoms with van der Waals surface area (Å²) in [4.78, 5) is 26.6. The topological polar surface area (TPSA) is 60.9 Å². The van der Waals surface area contributed by atoms with Gasteiger partial charge in [0.25, 0.3) is 0 Å². The summed E-state index contributed by atoms with van der Waals surface area (Å²) < 4.78 is 0. The van der Waals surface area contributed by atoms with E-state index >= 15 is 0 Å². The molecule has 2 rings (SSSR count). The number of nitrogens with zero attached hydrogens (tertiary/aromatic N) is 2. The Bertz CT molecular complexity index is 516. The lowest BCUT2D eigenvalue weighted by molar-refractivity contribution is -0.142. The zero-order chi connectivity index (χ0) is 14.7. The fourth-order valence-electron chi connectivity index (χ4n) is 2.63. The van der Waals surface area contributed by atoms with E-state index in [-0.39, 0.29) is 6.03 Å². The number of carbonyl (C=O) groups is 2. The number of carboxylic acids is 1. The molecule has 0 aromatic heterocycles. The quantitative estimate of drug-likeness (QED) is 0.918. The Morgan fingerprint density at radius 2 is 2.00 bits per heavy atom. The highest BCUT2D eigenvalue weighted by atomic mass is 16.4. The van der Waals surface area contributed by atoms with Crippen LogP contribution < -0.4 is 0 Å². The minimum Gasteiger partial charge on any atom is -0.480 e. The molecule has 5 heteroatoms. The largest absolute Gasteiger partial charge is 0.480 e. The predicted molar refractivity (Wildman–Crippen MR) is 75.4 cm³/mol. The van der Waals surface area contributed by atoms with Gasteiger partial charge >= 0.3 is 12.0 Å². The summed E-state index contributed by atoms with van der Waals surface area (Å²) in [5.74, 6) is -0.958. The third-order valence-corrected chi connectivity index (χ3v) is 3.84. The van der Waals surface area contributed by atoms with Crippen LogP contribution in [0.15, 0.2) is 24.3 Å². The van der Waals surface area contributed by atoms with Crippen molar-refractivity contribution in [2.45, 2.75) is 32.4 Å². The zero-order valence-corrected chi connectivity index (χ0v) is 11.9. The summed E-state index contributed by atoms with van der Waals surface area (Å²) in [6.45, 7) is 2.96. The van der Waals surface area contributed by atoms with Gasteiger partial charge in [-0.05, 0) is 24.0 Å². The molecule has 2 amide bonds. The fourth-order valence-corrected chi connectivity index (χ4v) is 2.63. The molecule has 108 valence electrons. The monoisotopic (exact) mass is 276 g/mol. The molecule has 20 heavy (non-hydrogen) atoms. The predicted octanol–water partition coefficient (Wildman–Crippen LogP) is 1.96. The van der Waals surface area contributed by atoms with Gasteiger partial charge in [0.1, 0.15) is 6.04 Å². The minimum atomic E-state index is -0.958. The van der Waals surface area contributed by atoms with Gasteiger partial charge in [0.15, 0.2) is 0 Å². The van der Waals surface area contributed by atoms with Gasteiger partial charge in [-0.1, -0.05) is 31.2 Å². The zero-order valence-electron chi connectivity index (χ0n) is 11.9. The van der Waals surface area contributed by atoms with Crippen LogP contribution in [-0.4, -0.2) is 46.5 Å².